The average Bonchev–Trinajstić information content (AvgIpc) is 3.02. The molecule has 1 saturated heterocycles. The van der Waals surface area contributed by atoms with Crippen LogP contribution >= 0.6 is 0 Å². The van der Waals surface area contributed by atoms with Crippen LogP contribution in [0.4, 0.5) is 0 Å². The van der Waals surface area contributed by atoms with Gasteiger partial charge in [0.05, 0.1) is 11.0 Å². The zero-order valence-electron chi connectivity index (χ0n) is 15.6. The maximum atomic E-state index is 12.5. The van der Waals surface area contributed by atoms with E-state index in [1.807, 2.05) is 11.0 Å². The van der Waals surface area contributed by atoms with Crippen molar-refractivity contribution in [1.82, 2.24) is 14.5 Å². The second-order valence-electron chi connectivity index (χ2n) is 7.20. The lowest BCUT2D eigenvalue weighted by Crippen LogP contribution is -2.39. The fourth-order valence-electron chi connectivity index (χ4n) is 3.83. The topological polar surface area (TPSA) is 47.4 Å². The Morgan fingerprint density at radius 2 is 2.16 bits per heavy atom. The molecule has 0 unspecified atom stereocenters. The molecule has 3 rings (SSSR count). The van der Waals surface area contributed by atoms with Crippen LogP contribution in [0.2, 0.25) is 0 Å². The van der Waals surface area contributed by atoms with Crippen molar-refractivity contribution < 1.29 is 9.53 Å². The molecular weight excluding hydrogens is 314 g/mol. The standard InChI is InChI=1S/C20H29N3O2/c1-15(2)23-18-10-5-4-9-17(18)21-20(23)16-8-6-12-22(14-16)19(24)11-7-13-25-3/h4-5,9-10,15-16H,6-8,11-14H2,1-3H3/t16-/m1/s1. The van der Waals surface area contributed by atoms with Crippen LogP contribution < -0.4 is 0 Å². The Hall–Kier alpha value is -1.88. The molecule has 1 amide bonds. The molecule has 0 radical (unpaired) electrons. The first-order chi connectivity index (χ1) is 12.1. The van der Waals surface area contributed by atoms with Crippen molar-refractivity contribution in [1.29, 1.82) is 0 Å². The number of likely N-dealkylation sites (tertiary alicyclic amines) is 1. The van der Waals surface area contributed by atoms with Crippen LogP contribution in [0.15, 0.2) is 24.3 Å². The van der Waals surface area contributed by atoms with Crippen molar-refractivity contribution in [3.63, 3.8) is 0 Å². The van der Waals surface area contributed by atoms with Gasteiger partial charge in [0.15, 0.2) is 0 Å². The van der Waals surface area contributed by atoms with Crippen molar-refractivity contribution in [3.8, 4) is 0 Å². The van der Waals surface area contributed by atoms with E-state index in [0.29, 0.717) is 25.0 Å². The maximum absolute atomic E-state index is 12.5. The first-order valence-electron chi connectivity index (χ1n) is 9.35. The summed E-state index contributed by atoms with van der Waals surface area (Å²) in [5.41, 5.74) is 2.24. The van der Waals surface area contributed by atoms with Crippen molar-refractivity contribution >= 4 is 16.9 Å². The van der Waals surface area contributed by atoms with E-state index in [9.17, 15) is 4.79 Å². The van der Waals surface area contributed by atoms with Gasteiger partial charge in [-0.15, -0.1) is 0 Å². The summed E-state index contributed by atoms with van der Waals surface area (Å²) >= 11 is 0. The highest BCUT2D eigenvalue weighted by atomic mass is 16.5. The lowest BCUT2D eigenvalue weighted by Gasteiger charge is -2.33. The van der Waals surface area contributed by atoms with Gasteiger partial charge < -0.3 is 14.2 Å². The number of amides is 1. The number of carbonyl (C=O) groups is 1. The highest BCUT2D eigenvalue weighted by Crippen LogP contribution is 2.31. The van der Waals surface area contributed by atoms with Crippen molar-refractivity contribution in [3.05, 3.63) is 30.1 Å². The fraction of sp³-hybridized carbons (Fsp3) is 0.600. The van der Waals surface area contributed by atoms with E-state index in [1.165, 1.54) is 5.52 Å². The van der Waals surface area contributed by atoms with Gasteiger partial charge >= 0.3 is 0 Å². The Morgan fingerprint density at radius 3 is 2.92 bits per heavy atom. The molecule has 136 valence electrons. The zero-order valence-corrected chi connectivity index (χ0v) is 15.6. The smallest absolute Gasteiger partial charge is 0.222 e. The lowest BCUT2D eigenvalue weighted by atomic mass is 9.96. The second-order valence-corrected chi connectivity index (χ2v) is 7.20. The van der Waals surface area contributed by atoms with Gasteiger partial charge in [0, 0.05) is 45.2 Å². The van der Waals surface area contributed by atoms with Gasteiger partial charge in [-0.1, -0.05) is 12.1 Å². The molecule has 0 aliphatic carbocycles. The molecule has 1 atom stereocenters. The van der Waals surface area contributed by atoms with Gasteiger partial charge in [0.25, 0.3) is 0 Å². The van der Waals surface area contributed by atoms with E-state index in [0.717, 1.165) is 43.7 Å². The first-order valence-corrected chi connectivity index (χ1v) is 9.35. The highest BCUT2D eigenvalue weighted by molar-refractivity contribution is 5.77. The number of methoxy groups -OCH3 is 1. The quantitative estimate of drug-likeness (QED) is 0.751. The third kappa shape index (κ3) is 3.87. The molecule has 0 spiro atoms. The number of imidazole rings is 1. The normalized spacial score (nSPS) is 18.2. The monoisotopic (exact) mass is 343 g/mol. The Balaban J connectivity index is 1.80. The van der Waals surface area contributed by atoms with Crippen LogP contribution in [0.3, 0.4) is 0 Å². The van der Waals surface area contributed by atoms with Crippen LogP contribution in [-0.4, -0.2) is 47.2 Å². The minimum Gasteiger partial charge on any atom is -0.385 e. The van der Waals surface area contributed by atoms with E-state index in [4.69, 9.17) is 9.72 Å². The Kier molecular flexibility index (Phi) is 5.74. The summed E-state index contributed by atoms with van der Waals surface area (Å²) in [5, 5.41) is 0. The van der Waals surface area contributed by atoms with Crippen LogP contribution in [0, 0.1) is 0 Å². The molecular formula is C20H29N3O2. The van der Waals surface area contributed by atoms with E-state index in [-0.39, 0.29) is 5.91 Å². The number of para-hydroxylation sites is 2. The summed E-state index contributed by atoms with van der Waals surface area (Å²) in [7, 11) is 1.68. The number of hydrogen-bond acceptors (Lipinski definition) is 3. The number of fused-ring (bicyclic) bond motifs is 1. The van der Waals surface area contributed by atoms with E-state index in [2.05, 4.69) is 36.6 Å². The predicted molar refractivity (Wildman–Crippen MR) is 99.8 cm³/mol. The molecule has 5 heteroatoms. The van der Waals surface area contributed by atoms with Gasteiger partial charge in [-0.2, -0.15) is 0 Å². The molecule has 5 nitrogen and oxygen atoms in total. The predicted octanol–water partition coefficient (Wildman–Crippen LogP) is 3.75. The van der Waals surface area contributed by atoms with Crippen LogP contribution in [-0.2, 0) is 9.53 Å². The summed E-state index contributed by atoms with van der Waals surface area (Å²) in [6.45, 7) is 6.69. The van der Waals surface area contributed by atoms with Crippen molar-refractivity contribution in [2.75, 3.05) is 26.8 Å². The number of rotatable bonds is 6. The Labute approximate surface area is 150 Å². The van der Waals surface area contributed by atoms with Gasteiger partial charge in [-0.25, -0.2) is 4.98 Å². The Morgan fingerprint density at radius 1 is 1.36 bits per heavy atom. The summed E-state index contributed by atoms with van der Waals surface area (Å²) in [5.74, 6) is 1.69. The summed E-state index contributed by atoms with van der Waals surface area (Å²) in [6, 6.07) is 8.68. The van der Waals surface area contributed by atoms with Gasteiger partial charge in [0.1, 0.15) is 5.82 Å². The molecule has 1 aromatic carbocycles. The number of benzene rings is 1. The van der Waals surface area contributed by atoms with E-state index >= 15 is 0 Å². The SMILES string of the molecule is COCCCC(=O)N1CCC[C@@H](c2nc3ccccc3n2C(C)C)C1. The van der Waals surface area contributed by atoms with E-state index in [1.54, 1.807) is 7.11 Å². The number of nitrogens with zero attached hydrogens (tertiary/aromatic N) is 3. The first kappa shape index (κ1) is 17.9. The third-order valence-electron chi connectivity index (χ3n) is 5.02. The molecule has 2 heterocycles. The molecule has 0 saturated carbocycles. The molecule has 25 heavy (non-hydrogen) atoms. The largest absolute Gasteiger partial charge is 0.385 e. The summed E-state index contributed by atoms with van der Waals surface area (Å²) < 4.78 is 7.41. The lowest BCUT2D eigenvalue weighted by molar-refractivity contribution is -0.132. The second kappa shape index (κ2) is 8.00. The molecule has 1 aliphatic rings. The molecule has 2 aromatic rings. The summed E-state index contributed by atoms with van der Waals surface area (Å²) in [4.78, 5) is 19.4. The molecule has 1 aliphatic heterocycles. The number of carbonyl (C=O) groups excluding carboxylic acids is 1. The third-order valence-corrected chi connectivity index (χ3v) is 5.02. The van der Waals surface area contributed by atoms with Gasteiger partial charge in [0.2, 0.25) is 5.91 Å². The minimum atomic E-state index is 0.244. The average molecular weight is 343 g/mol. The molecule has 1 fully saturated rings. The molecule has 1 aromatic heterocycles. The van der Waals surface area contributed by atoms with Crippen LogP contribution in [0.5, 0.6) is 0 Å². The Bertz CT molecular complexity index is 723. The van der Waals surface area contributed by atoms with Crippen LogP contribution in [0.25, 0.3) is 11.0 Å². The molecule has 0 N–H and O–H groups in total. The van der Waals surface area contributed by atoms with Gasteiger partial charge in [-0.05, 0) is 45.2 Å². The highest BCUT2D eigenvalue weighted by Gasteiger charge is 2.28. The number of piperidine rings is 1. The minimum absolute atomic E-state index is 0.244. The number of ether oxygens (including phenoxy) is 1. The van der Waals surface area contributed by atoms with Crippen LogP contribution in [0.1, 0.15) is 57.3 Å². The number of aromatic nitrogens is 2. The van der Waals surface area contributed by atoms with Gasteiger partial charge in [-0.3, -0.25) is 4.79 Å². The summed E-state index contributed by atoms with van der Waals surface area (Å²) in [6.07, 6.45) is 3.50. The number of hydrogen-bond donors (Lipinski definition) is 0. The van der Waals surface area contributed by atoms with E-state index < -0.39 is 0 Å². The maximum Gasteiger partial charge on any atom is 0.222 e. The van der Waals surface area contributed by atoms with Crippen molar-refractivity contribution in [2.24, 2.45) is 0 Å². The zero-order chi connectivity index (χ0) is 17.8. The molecule has 0 bridgehead atoms. The van der Waals surface area contributed by atoms with Crippen molar-refractivity contribution in [2.45, 2.75) is 51.5 Å². The fourth-order valence-corrected chi connectivity index (χ4v) is 3.83.